The summed E-state index contributed by atoms with van der Waals surface area (Å²) in [7, 11) is 0. The summed E-state index contributed by atoms with van der Waals surface area (Å²) in [5.41, 5.74) is 7.45. The molecule has 134 valence electrons. The third-order valence-electron chi connectivity index (χ3n) is 4.96. The van der Waals surface area contributed by atoms with Gasteiger partial charge in [0.25, 0.3) is 0 Å². The van der Waals surface area contributed by atoms with E-state index in [0.29, 0.717) is 5.92 Å². The van der Waals surface area contributed by atoms with E-state index in [2.05, 4.69) is 14.9 Å². The molecule has 1 aromatic carbocycles. The number of amides is 1. The van der Waals surface area contributed by atoms with Crippen LogP contribution < -0.4 is 10.6 Å². The number of primary amides is 1. The molecular weight excluding hydrogens is 350 g/mol. The van der Waals surface area contributed by atoms with Gasteiger partial charge in [0.2, 0.25) is 5.91 Å². The number of imidazole rings is 1. The van der Waals surface area contributed by atoms with Crippen molar-refractivity contribution in [3.63, 3.8) is 0 Å². The molecule has 1 saturated heterocycles. The van der Waals surface area contributed by atoms with Crippen LogP contribution in [0.1, 0.15) is 24.6 Å². The number of nitrogens with zero attached hydrogens (tertiary/aromatic N) is 4. The van der Waals surface area contributed by atoms with Gasteiger partial charge in [0.05, 0.1) is 5.52 Å². The summed E-state index contributed by atoms with van der Waals surface area (Å²) >= 11 is 6.18. The molecule has 0 unspecified atom stereocenters. The Labute approximate surface area is 156 Å². The summed E-state index contributed by atoms with van der Waals surface area (Å²) in [6.07, 6.45) is 7.35. The van der Waals surface area contributed by atoms with E-state index in [1.54, 1.807) is 6.20 Å². The van der Waals surface area contributed by atoms with Crippen molar-refractivity contribution in [2.75, 3.05) is 18.0 Å². The second kappa shape index (κ2) is 6.96. The first kappa shape index (κ1) is 16.8. The van der Waals surface area contributed by atoms with Crippen LogP contribution in [0.25, 0.3) is 10.9 Å². The fraction of sp³-hybridized carbons (Fsp3) is 0.316. The van der Waals surface area contributed by atoms with Crippen LogP contribution >= 0.6 is 11.6 Å². The molecule has 1 aliphatic heterocycles. The van der Waals surface area contributed by atoms with Crippen LogP contribution in [-0.2, 0) is 11.3 Å². The lowest BCUT2D eigenvalue weighted by atomic mass is 9.95. The molecule has 6 nitrogen and oxygen atoms in total. The molecule has 0 saturated carbocycles. The second-order valence-electron chi connectivity index (χ2n) is 6.63. The van der Waals surface area contributed by atoms with Gasteiger partial charge in [0.15, 0.2) is 0 Å². The number of halogens is 1. The van der Waals surface area contributed by atoms with Gasteiger partial charge in [0.1, 0.15) is 12.4 Å². The molecule has 0 aliphatic carbocycles. The van der Waals surface area contributed by atoms with Crippen molar-refractivity contribution in [3.05, 3.63) is 53.7 Å². The zero-order chi connectivity index (χ0) is 18.1. The topological polar surface area (TPSA) is 77.0 Å². The Bertz CT molecular complexity index is 946. The van der Waals surface area contributed by atoms with Crippen LogP contribution in [0.4, 0.5) is 5.69 Å². The SMILES string of the molecule is NC(=O)Cn1ccnc1C1CCN(c2ccnc3ccc(Cl)cc23)CC1. The van der Waals surface area contributed by atoms with Gasteiger partial charge in [-0.05, 0) is 37.1 Å². The number of carbonyl (C=O) groups excluding carboxylic acids is 1. The molecule has 0 bridgehead atoms. The van der Waals surface area contributed by atoms with Gasteiger partial charge < -0.3 is 15.2 Å². The van der Waals surface area contributed by atoms with E-state index in [4.69, 9.17) is 17.3 Å². The number of benzene rings is 1. The zero-order valence-corrected chi connectivity index (χ0v) is 15.1. The van der Waals surface area contributed by atoms with Crippen LogP contribution in [0, 0.1) is 0 Å². The largest absolute Gasteiger partial charge is 0.371 e. The normalized spacial score (nSPS) is 15.5. The number of hydrogen-bond donors (Lipinski definition) is 1. The predicted molar refractivity (Wildman–Crippen MR) is 102 cm³/mol. The summed E-state index contributed by atoms with van der Waals surface area (Å²) in [4.78, 5) is 22.5. The minimum atomic E-state index is -0.346. The van der Waals surface area contributed by atoms with E-state index in [1.165, 1.54) is 0 Å². The van der Waals surface area contributed by atoms with Gasteiger partial charge in [-0.1, -0.05) is 11.6 Å². The molecular formula is C19H20ClN5O. The Balaban J connectivity index is 1.54. The van der Waals surface area contributed by atoms with Crippen molar-refractivity contribution in [3.8, 4) is 0 Å². The molecule has 0 spiro atoms. The lowest BCUT2D eigenvalue weighted by molar-refractivity contribution is -0.118. The average Bonchev–Trinajstić information content (AvgIpc) is 3.08. The number of pyridine rings is 1. The number of carbonyl (C=O) groups is 1. The first-order valence-electron chi connectivity index (χ1n) is 8.70. The first-order chi connectivity index (χ1) is 12.6. The molecule has 4 rings (SSSR count). The maximum atomic E-state index is 11.2. The van der Waals surface area contributed by atoms with Crippen LogP contribution in [0.15, 0.2) is 42.9 Å². The number of aromatic nitrogens is 3. The Morgan fingerprint density at radius 2 is 2.00 bits per heavy atom. The number of hydrogen-bond acceptors (Lipinski definition) is 4. The van der Waals surface area contributed by atoms with Crippen LogP contribution in [0.3, 0.4) is 0 Å². The molecule has 0 radical (unpaired) electrons. The molecule has 1 fully saturated rings. The van der Waals surface area contributed by atoms with Crippen molar-refractivity contribution < 1.29 is 4.79 Å². The summed E-state index contributed by atoms with van der Waals surface area (Å²) in [5, 5.41) is 1.80. The number of nitrogens with two attached hydrogens (primary N) is 1. The van der Waals surface area contributed by atoms with E-state index < -0.39 is 0 Å². The molecule has 2 aromatic heterocycles. The molecule has 3 aromatic rings. The van der Waals surface area contributed by atoms with E-state index in [1.807, 2.05) is 41.2 Å². The number of fused-ring (bicyclic) bond motifs is 1. The van der Waals surface area contributed by atoms with Gasteiger partial charge in [-0.2, -0.15) is 0 Å². The quantitative estimate of drug-likeness (QED) is 0.767. The van der Waals surface area contributed by atoms with Crippen LogP contribution in [0.2, 0.25) is 5.02 Å². The average molecular weight is 370 g/mol. The third-order valence-corrected chi connectivity index (χ3v) is 5.19. The first-order valence-corrected chi connectivity index (χ1v) is 9.08. The molecule has 1 aliphatic rings. The van der Waals surface area contributed by atoms with E-state index in [9.17, 15) is 4.79 Å². The lowest BCUT2D eigenvalue weighted by Gasteiger charge is -2.34. The maximum absolute atomic E-state index is 11.2. The highest BCUT2D eigenvalue weighted by molar-refractivity contribution is 6.31. The number of anilines is 1. The highest BCUT2D eigenvalue weighted by Crippen LogP contribution is 2.33. The molecule has 7 heteroatoms. The molecule has 3 heterocycles. The minimum absolute atomic E-state index is 0.184. The van der Waals surface area contributed by atoms with Crippen LogP contribution in [0.5, 0.6) is 0 Å². The van der Waals surface area contributed by atoms with E-state index >= 15 is 0 Å². The van der Waals surface area contributed by atoms with Gasteiger partial charge in [0, 0.05) is 53.7 Å². The predicted octanol–water partition coefficient (Wildman–Crippen LogP) is 2.95. The smallest absolute Gasteiger partial charge is 0.237 e. The summed E-state index contributed by atoms with van der Waals surface area (Å²) < 4.78 is 1.87. The Hall–Kier alpha value is -2.60. The highest BCUT2D eigenvalue weighted by atomic mass is 35.5. The maximum Gasteiger partial charge on any atom is 0.237 e. The van der Waals surface area contributed by atoms with Crippen LogP contribution in [-0.4, -0.2) is 33.5 Å². The van der Waals surface area contributed by atoms with Crippen molar-refractivity contribution in [1.82, 2.24) is 14.5 Å². The lowest BCUT2D eigenvalue weighted by Crippen LogP contribution is -2.34. The molecule has 1 amide bonds. The summed E-state index contributed by atoms with van der Waals surface area (Å²) in [6, 6.07) is 7.85. The number of rotatable bonds is 4. The van der Waals surface area contributed by atoms with Gasteiger partial charge in [-0.25, -0.2) is 4.98 Å². The van der Waals surface area contributed by atoms with Crippen molar-refractivity contribution in [2.24, 2.45) is 5.73 Å². The van der Waals surface area contributed by atoms with Gasteiger partial charge in [-0.3, -0.25) is 9.78 Å². The van der Waals surface area contributed by atoms with Crippen molar-refractivity contribution >= 4 is 34.1 Å². The van der Waals surface area contributed by atoms with Gasteiger partial charge >= 0.3 is 0 Å². The summed E-state index contributed by atoms with van der Waals surface area (Å²) in [6.45, 7) is 2.02. The Kier molecular flexibility index (Phi) is 4.51. The van der Waals surface area contributed by atoms with Crippen molar-refractivity contribution in [1.29, 1.82) is 0 Å². The van der Waals surface area contributed by atoms with E-state index in [-0.39, 0.29) is 12.5 Å². The fourth-order valence-electron chi connectivity index (χ4n) is 3.74. The van der Waals surface area contributed by atoms with Gasteiger partial charge in [-0.15, -0.1) is 0 Å². The zero-order valence-electron chi connectivity index (χ0n) is 14.3. The highest BCUT2D eigenvalue weighted by Gasteiger charge is 2.25. The van der Waals surface area contributed by atoms with E-state index in [0.717, 1.165) is 53.4 Å². The summed E-state index contributed by atoms with van der Waals surface area (Å²) in [5.74, 6) is 0.935. The number of piperidine rings is 1. The fourth-order valence-corrected chi connectivity index (χ4v) is 3.91. The third kappa shape index (κ3) is 3.24. The standard InChI is InChI=1S/C19H20ClN5O/c20-14-1-2-16-15(11-14)17(3-6-22-16)24-8-4-13(5-9-24)19-23-7-10-25(19)12-18(21)26/h1-3,6-7,10-11,13H,4-5,8-9,12H2,(H2,21,26). The Morgan fingerprint density at radius 1 is 1.19 bits per heavy atom. The van der Waals surface area contributed by atoms with Crippen molar-refractivity contribution in [2.45, 2.75) is 25.3 Å². The molecule has 2 N–H and O–H groups in total. The molecule has 0 atom stereocenters. The minimum Gasteiger partial charge on any atom is -0.371 e. The monoisotopic (exact) mass is 369 g/mol. The Morgan fingerprint density at radius 3 is 2.77 bits per heavy atom. The second-order valence-corrected chi connectivity index (χ2v) is 7.07. The molecule has 26 heavy (non-hydrogen) atoms.